The van der Waals surface area contributed by atoms with Gasteiger partial charge in [-0.25, -0.2) is 9.97 Å². The second kappa shape index (κ2) is 7.28. The molecule has 0 bridgehead atoms. The van der Waals surface area contributed by atoms with Crippen molar-refractivity contribution in [3.8, 4) is 0 Å². The van der Waals surface area contributed by atoms with Crippen LogP contribution in [0.15, 0.2) is 47.9 Å². The SMILES string of the molecule is O=C(CSc1cccc[n+]1[O-])N1CCN(c2ncccn2)CC1. The summed E-state index contributed by atoms with van der Waals surface area (Å²) in [7, 11) is 0. The van der Waals surface area contributed by atoms with Crippen LogP contribution in [-0.4, -0.2) is 52.7 Å². The predicted molar refractivity (Wildman–Crippen MR) is 87.0 cm³/mol. The Morgan fingerprint density at radius 1 is 1.17 bits per heavy atom. The molecule has 1 aliphatic heterocycles. The van der Waals surface area contributed by atoms with E-state index in [1.54, 1.807) is 36.7 Å². The number of anilines is 1. The van der Waals surface area contributed by atoms with Gasteiger partial charge in [0, 0.05) is 50.7 Å². The smallest absolute Gasteiger partial charge is 0.251 e. The highest BCUT2D eigenvalue weighted by atomic mass is 32.2. The molecule has 1 saturated heterocycles. The number of nitrogens with zero attached hydrogens (tertiary/aromatic N) is 5. The van der Waals surface area contributed by atoms with Crippen LogP contribution in [0.1, 0.15) is 0 Å². The maximum absolute atomic E-state index is 12.3. The molecule has 0 aromatic carbocycles. The van der Waals surface area contributed by atoms with Crippen LogP contribution in [0, 0.1) is 5.21 Å². The van der Waals surface area contributed by atoms with E-state index < -0.39 is 0 Å². The third-order valence-corrected chi connectivity index (χ3v) is 4.60. The minimum atomic E-state index is 0.0486. The summed E-state index contributed by atoms with van der Waals surface area (Å²) in [5.74, 6) is 1.02. The second-order valence-electron chi connectivity index (χ2n) is 5.07. The highest BCUT2D eigenvalue weighted by Crippen LogP contribution is 2.15. The van der Waals surface area contributed by atoms with E-state index in [9.17, 15) is 10.0 Å². The summed E-state index contributed by atoms with van der Waals surface area (Å²) in [5, 5.41) is 12.1. The van der Waals surface area contributed by atoms with E-state index in [0.29, 0.717) is 37.2 Å². The highest BCUT2D eigenvalue weighted by molar-refractivity contribution is 7.99. The lowest BCUT2D eigenvalue weighted by Gasteiger charge is -2.34. The summed E-state index contributed by atoms with van der Waals surface area (Å²) >= 11 is 1.27. The van der Waals surface area contributed by atoms with E-state index >= 15 is 0 Å². The van der Waals surface area contributed by atoms with Crippen LogP contribution in [0.5, 0.6) is 0 Å². The Labute approximate surface area is 138 Å². The van der Waals surface area contributed by atoms with Crippen LogP contribution in [-0.2, 0) is 4.79 Å². The molecule has 1 aliphatic rings. The summed E-state index contributed by atoms with van der Waals surface area (Å²) < 4.78 is 0.780. The molecule has 3 rings (SSSR count). The number of amides is 1. The van der Waals surface area contributed by atoms with E-state index in [-0.39, 0.29) is 11.7 Å². The fourth-order valence-electron chi connectivity index (χ4n) is 2.36. The Balaban J connectivity index is 1.50. The van der Waals surface area contributed by atoms with E-state index in [1.807, 2.05) is 4.90 Å². The maximum atomic E-state index is 12.3. The third kappa shape index (κ3) is 3.89. The van der Waals surface area contributed by atoms with Crippen molar-refractivity contribution in [2.75, 3.05) is 36.8 Å². The van der Waals surface area contributed by atoms with Crippen molar-refractivity contribution >= 4 is 23.6 Å². The average molecular weight is 331 g/mol. The summed E-state index contributed by atoms with van der Waals surface area (Å²) in [6, 6.07) is 6.96. The Morgan fingerprint density at radius 2 is 1.91 bits per heavy atom. The Morgan fingerprint density at radius 3 is 2.61 bits per heavy atom. The molecule has 2 aromatic rings. The number of thioether (sulfide) groups is 1. The van der Waals surface area contributed by atoms with Crippen molar-refractivity contribution in [1.29, 1.82) is 0 Å². The molecule has 23 heavy (non-hydrogen) atoms. The molecule has 7 nitrogen and oxygen atoms in total. The van der Waals surface area contributed by atoms with Crippen LogP contribution in [0.25, 0.3) is 0 Å². The topological polar surface area (TPSA) is 76.3 Å². The largest absolute Gasteiger partial charge is 0.618 e. The molecule has 120 valence electrons. The highest BCUT2D eigenvalue weighted by Gasteiger charge is 2.23. The molecule has 0 atom stereocenters. The molecule has 0 spiro atoms. The van der Waals surface area contributed by atoms with Gasteiger partial charge in [0.1, 0.15) is 0 Å². The lowest BCUT2D eigenvalue weighted by molar-refractivity contribution is -0.645. The fraction of sp³-hybridized carbons (Fsp3) is 0.333. The number of pyridine rings is 1. The molecular weight excluding hydrogens is 314 g/mol. The van der Waals surface area contributed by atoms with Gasteiger partial charge in [-0.2, -0.15) is 4.73 Å². The first-order chi connectivity index (χ1) is 11.2. The molecule has 3 heterocycles. The first-order valence-corrected chi connectivity index (χ1v) is 8.33. The quantitative estimate of drug-likeness (QED) is 0.463. The van der Waals surface area contributed by atoms with E-state index in [4.69, 9.17) is 0 Å². The fourth-order valence-corrected chi connectivity index (χ4v) is 3.18. The van der Waals surface area contributed by atoms with E-state index in [1.165, 1.54) is 18.0 Å². The lowest BCUT2D eigenvalue weighted by atomic mass is 10.3. The summed E-state index contributed by atoms with van der Waals surface area (Å²) in [6.45, 7) is 2.72. The summed E-state index contributed by atoms with van der Waals surface area (Å²) in [4.78, 5) is 24.6. The molecule has 0 radical (unpaired) electrons. The van der Waals surface area contributed by atoms with Gasteiger partial charge in [0.15, 0.2) is 6.20 Å². The van der Waals surface area contributed by atoms with Gasteiger partial charge in [-0.15, -0.1) is 0 Å². The zero-order valence-corrected chi connectivity index (χ0v) is 13.4. The minimum absolute atomic E-state index is 0.0486. The normalized spacial score (nSPS) is 14.8. The van der Waals surface area contributed by atoms with Crippen molar-refractivity contribution in [2.24, 2.45) is 0 Å². The number of aromatic nitrogens is 3. The lowest BCUT2D eigenvalue weighted by Crippen LogP contribution is -2.49. The number of piperazine rings is 1. The second-order valence-corrected chi connectivity index (χ2v) is 6.07. The summed E-state index contributed by atoms with van der Waals surface area (Å²) in [5.41, 5.74) is 0. The minimum Gasteiger partial charge on any atom is -0.618 e. The summed E-state index contributed by atoms with van der Waals surface area (Å²) in [6.07, 6.45) is 4.87. The van der Waals surface area contributed by atoms with E-state index in [2.05, 4.69) is 14.9 Å². The van der Waals surface area contributed by atoms with Gasteiger partial charge >= 0.3 is 0 Å². The van der Waals surface area contributed by atoms with Gasteiger partial charge in [-0.3, -0.25) is 4.79 Å². The molecule has 0 N–H and O–H groups in total. The molecule has 0 saturated carbocycles. The molecular formula is C15H17N5O2S. The monoisotopic (exact) mass is 331 g/mol. The molecule has 0 aliphatic carbocycles. The van der Waals surface area contributed by atoms with Crippen LogP contribution in [0.4, 0.5) is 5.95 Å². The number of hydrogen-bond acceptors (Lipinski definition) is 6. The van der Waals surface area contributed by atoms with Crippen LogP contribution in [0.3, 0.4) is 0 Å². The average Bonchev–Trinajstić information content (AvgIpc) is 2.62. The molecule has 8 heteroatoms. The maximum Gasteiger partial charge on any atom is 0.251 e. The molecule has 1 fully saturated rings. The third-order valence-electron chi connectivity index (χ3n) is 3.60. The number of rotatable bonds is 4. The van der Waals surface area contributed by atoms with Crippen molar-refractivity contribution in [1.82, 2.24) is 14.9 Å². The standard InChI is InChI=1S/C15H17N5O2S/c21-13(12-23-14-4-1-2-7-20(14)22)18-8-10-19(11-9-18)15-16-5-3-6-17-15/h1-7H,8-12H2. The van der Waals surface area contributed by atoms with Gasteiger partial charge in [0.2, 0.25) is 11.9 Å². The van der Waals surface area contributed by atoms with Gasteiger partial charge in [-0.05, 0) is 23.9 Å². The van der Waals surface area contributed by atoms with Gasteiger partial charge in [0.05, 0.1) is 5.75 Å². The first-order valence-electron chi connectivity index (χ1n) is 7.35. The van der Waals surface area contributed by atoms with Gasteiger partial charge < -0.3 is 15.0 Å². The Hall–Kier alpha value is -2.35. The zero-order chi connectivity index (χ0) is 16.1. The molecule has 0 unspecified atom stereocenters. The number of carbonyl (C=O) groups excluding carboxylic acids is 1. The van der Waals surface area contributed by atoms with E-state index in [0.717, 1.165) is 4.73 Å². The first kappa shape index (κ1) is 15.5. The Kier molecular flexibility index (Phi) is 4.92. The van der Waals surface area contributed by atoms with Crippen molar-refractivity contribution in [3.05, 3.63) is 48.1 Å². The van der Waals surface area contributed by atoms with Crippen molar-refractivity contribution in [3.63, 3.8) is 0 Å². The van der Waals surface area contributed by atoms with Crippen molar-refractivity contribution in [2.45, 2.75) is 5.03 Å². The van der Waals surface area contributed by atoms with Gasteiger partial charge in [-0.1, -0.05) is 0 Å². The van der Waals surface area contributed by atoms with Gasteiger partial charge in [0.25, 0.3) is 5.03 Å². The molecule has 2 aromatic heterocycles. The van der Waals surface area contributed by atoms with Crippen LogP contribution in [0.2, 0.25) is 0 Å². The number of hydrogen-bond donors (Lipinski definition) is 0. The number of carbonyl (C=O) groups is 1. The zero-order valence-electron chi connectivity index (χ0n) is 12.5. The predicted octanol–water partition coefficient (Wildman–Crippen LogP) is 0.551. The van der Waals surface area contributed by atoms with Crippen LogP contribution < -0.4 is 9.63 Å². The van der Waals surface area contributed by atoms with Crippen molar-refractivity contribution < 1.29 is 9.52 Å². The Bertz CT molecular complexity index is 662. The molecule has 1 amide bonds. The van der Waals surface area contributed by atoms with Crippen LogP contribution >= 0.6 is 11.8 Å².